The van der Waals surface area contributed by atoms with Crippen molar-refractivity contribution >= 4 is 17.9 Å². The predicted octanol–water partition coefficient (Wildman–Crippen LogP) is 0.418. The second-order valence-corrected chi connectivity index (χ2v) is 4.73. The molecule has 5 N–H and O–H groups in total. The molecule has 0 heterocycles. The van der Waals surface area contributed by atoms with Crippen LogP contribution in [-0.4, -0.2) is 35.6 Å². The van der Waals surface area contributed by atoms with Crippen molar-refractivity contribution in [3.05, 3.63) is 35.9 Å². The van der Waals surface area contributed by atoms with Crippen molar-refractivity contribution < 1.29 is 19.5 Å². The van der Waals surface area contributed by atoms with Crippen molar-refractivity contribution in [3.63, 3.8) is 0 Å². The smallest absolute Gasteiger partial charge is 0.326 e. The Bertz CT molecular complexity index is 504. The van der Waals surface area contributed by atoms with Crippen LogP contribution < -0.4 is 16.4 Å². The van der Waals surface area contributed by atoms with E-state index in [9.17, 15) is 14.4 Å². The molecular weight excluding hydrogens is 274 g/mol. The average Bonchev–Trinajstić information content (AvgIpc) is 2.44. The topological polar surface area (TPSA) is 122 Å². The molecule has 21 heavy (non-hydrogen) atoms. The molecule has 1 aromatic rings. The van der Waals surface area contributed by atoms with Gasteiger partial charge in [0.05, 0.1) is 6.42 Å². The molecule has 0 aliphatic rings. The van der Waals surface area contributed by atoms with Gasteiger partial charge in [-0.05, 0) is 11.5 Å². The summed E-state index contributed by atoms with van der Waals surface area (Å²) in [7, 11) is 0. The molecule has 0 radical (unpaired) electrons. The number of aliphatic carboxylic acids is 1. The first kappa shape index (κ1) is 16.5. The molecule has 2 atom stereocenters. The highest BCUT2D eigenvalue weighted by Crippen LogP contribution is 2.12. The van der Waals surface area contributed by atoms with E-state index in [1.807, 2.05) is 37.3 Å². The van der Waals surface area contributed by atoms with E-state index in [0.29, 0.717) is 6.54 Å². The first-order valence-corrected chi connectivity index (χ1v) is 6.50. The van der Waals surface area contributed by atoms with Crippen molar-refractivity contribution in [1.82, 2.24) is 10.6 Å². The summed E-state index contributed by atoms with van der Waals surface area (Å²) in [6, 6.07) is 7.62. The van der Waals surface area contributed by atoms with E-state index in [2.05, 4.69) is 10.6 Å². The van der Waals surface area contributed by atoms with Crippen molar-refractivity contribution in [2.75, 3.05) is 6.54 Å². The van der Waals surface area contributed by atoms with Crippen LogP contribution in [0.25, 0.3) is 0 Å². The van der Waals surface area contributed by atoms with Crippen molar-refractivity contribution in [2.24, 2.45) is 5.73 Å². The lowest BCUT2D eigenvalue weighted by molar-refractivity contribution is -0.140. The van der Waals surface area contributed by atoms with E-state index in [1.165, 1.54) is 0 Å². The number of primary amides is 1. The fourth-order valence-electron chi connectivity index (χ4n) is 1.76. The Morgan fingerprint density at radius 1 is 1.24 bits per heavy atom. The van der Waals surface area contributed by atoms with Gasteiger partial charge in [0.2, 0.25) is 5.91 Å². The van der Waals surface area contributed by atoms with Crippen LogP contribution in [0.15, 0.2) is 30.3 Å². The standard InChI is InChI=1S/C14H19N3O4/c1-9(10-5-3-2-4-6-10)8-16-14(21)17-11(13(19)20)7-12(15)18/h2-6,9,11H,7-8H2,1H3,(H2,15,18)(H,19,20)(H2,16,17,21)/t9?,11-/m1/s1. The molecule has 0 spiro atoms. The van der Waals surface area contributed by atoms with Gasteiger partial charge in [-0.25, -0.2) is 9.59 Å². The lowest BCUT2D eigenvalue weighted by atomic mass is 10.0. The zero-order valence-corrected chi connectivity index (χ0v) is 11.7. The molecule has 1 aromatic carbocycles. The number of nitrogens with two attached hydrogens (primary N) is 1. The van der Waals surface area contributed by atoms with E-state index >= 15 is 0 Å². The van der Waals surface area contributed by atoms with Gasteiger partial charge >= 0.3 is 12.0 Å². The number of carboxylic acid groups (broad SMARTS) is 1. The van der Waals surface area contributed by atoms with Crippen molar-refractivity contribution in [1.29, 1.82) is 0 Å². The molecule has 114 valence electrons. The summed E-state index contributed by atoms with van der Waals surface area (Å²) >= 11 is 0. The lowest BCUT2D eigenvalue weighted by Gasteiger charge is -2.16. The summed E-state index contributed by atoms with van der Waals surface area (Å²) in [6.45, 7) is 2.28. The molecular formula is C14H19N3O4. The van der Waals surface area contributed by atoms with E-state index in [4.69, 9.17) is 10.8 Å². The van der Waals surface area contributed by atoms with Crippen molar-refractivity contribution in [3.8, 4) is 0 Å². The maximum atomic E-state index is 11.6. The van der Waals surface area contributed by atoms with Crippen LogP contribution in [0.5, 0.6) is 0 Å². The van der Waals surface area contributed by atoms with E-state index in [-0.39, 0.29) is 5.92 Å². The van der Waals surface area contributed by atoms with Crippen molar-refractivity contribution in [2.45, 2.75) is 25.3 Å². The van der Waals surface area contributed by atoms with Gasteiger partial charge in [-0.15, -0.1) is 0 Å². The second kappa shape index (κ2) is 7.88. The molecule has 0 saturated carbocycles. The minimum absolute atomic E-state index is 0.0800. The number of benzene rings is 1. The number of hydrogen-bond donors (Lipinski definition) is 4. The van der Waals surface area contributed by atoms with Gasteiger partial charge in [-0.2, -0.15) is 0 Å². The molecule has 0 saturated heterocycles. The van der Waals surface area contributed by atoms with Crippen LogP contribution in [0.4, 0.5) is 4.79 Å². The highest BCUT2D eigenvalue weighted by Gasteiger charge is 2.22. The highest BCUT2D eigenvalue weighted by molar-refractivity contribution is 5.87. The summed E-state index contributed by atoms with van der Waals surface area (Å²) < 4.78 is 0. The molecule has 0 bridgehead atoms. The minimum atomic E-state index is -1.32. The molecule has 0 aliphatic carbocycles. The van der Waals surface area contributed by atoms with Gasteiger partial charge in [0, 0.05) is 6.54 Å². The molecule has 0 fully saturated rings. The van der Waals surface area contributed by atoms with Gasteiger partial charge in [0.25, 0.3) is 0 Å². The fraction of sp³-hybridized carbons (Fsp3) is 0.357. The van der Waals surface area contributed by atoms with Gasteiger partial charge < -0.3 is 21.5 Å². The zero-order chi connectivity index (χ0) is 15.8. The van der Waals surface area contributed by atoms with E-state index < -0.39 is 30.4 Å². The molecule has 0 aliphatic heterocycles. The quantitative estimate of drug-likeness (QED) is 0.582. The first-order chi connectivity index (χ1) is 9.90. The Labute approximate surface area is 122 Å². The zero-order valence-electron chi connectivity index (χ0n) is 11.7. The monoisotopic (exact) mass is 293 g/mol. The van der Waals surface area contributed by atoms with Crippen LogP contribution in [0.1, 0.15) is 24.8 Å². The fourth-order valence-corrected chi connectivity index (χ4v) is 1.76. The molecule has 1 rings (SSSR count). The Hall–Kier alpha value is -2.57. The van der Waals surface area contributed by atoms with Crippen LogP contribution in [0.3, 0.4) is 0 Å². The maximum absolute atomic E-state index is 11.6. The minimum Gasteiger partial charge on any atom is -0.480 e. The van der Waals surface area contributed by atoms with Gasteiger partial charge in [-0.1, -0.05) is 37.3 Å². The summed E-state index contributed by atoms with van der Waals surface area (Å²) in [4.78, 5) is 33.3. The summed E-state index contributed by atoms with van der Waals surface area (Å²) in [5.74, 6) is -2.02. The molecule has 7 heteroatoms. The summed E-state index contributed by atoms with van der Waals surface area (Å²) in [5.41, 5.74) is 5.99. The summed E-state index contributed by atoms with van der Waals surface area (Å²) in [6.07, 6.45) is -0.447. The molecule has 0 aromatic heterocycles. The normalized spacial score (nSPS) is 13.0. The Kier molecular flexibility index (Phi) is 6.19. The molecule has 3 amide bonds. The first-order valence-electron chi connectivity index (χ1n) is 6.50. The lowest BCUT2D eigenvalue weighted by Crippen LogP contribution is -2.48. The van der Waals surface area contributed by atoms with Crippen LogP contribution in [0, 0.1) is 0 Å². The highest BCUT2D eigenvalue weighted by atomic mass is 16.4. The Morgan fingerprint density at radius 3 is 2.38 bits per heavy atom. The largest absolute Gasteiger partial charge is 0.480 e. The SMILES string of the molecule is CC(CNC(=O)N[C@H](CC(N)=O)C(=O)O)c1ccccc1. The van der Waals surface area contributed by atoms with E-state index in [1.54, 1.807) is 0 Å². The number of hydrogen-bond acceptors (Lipinski definition) is 3. The molecule has 1 unspecified atom stereocenters. The Balaban J connectivity index is 2.46. The molecule has 7 nitrogen and oxygen atoms in total. The number of nitrogens with one attached hydrogen (secondary N) is 2. The number of rotatable bonds is 7. The third-order valence-corrected chi connectivity index (χ3v) is 2.95. The number of carbonyl (C=O) groups is 3. The van der Waals surface area contributed by atoms with Gasteiger partial charge in [0.15, 0.2) is 0 Å². The third-order valence-electron chi connectivity index (χ3n) is 2.95. The number of urea groups is 1. The van der Waals surface area contributed by atoms with Gasteiger partial charge in [-0.3, -0.25) is 4.79 Å². The number of carbonyl (C=O) groups excluding carboxylic acids is 2. The van der Waals surface area contributed by atoms with Crippen LogP contribution >= 0.6 is 0 Å². The van der Waals surface area contributed by atoms with Crippen LogP contribution in [0.2, 0.25) is 0 Å². The number of carboxylic acids is 1. The second-order valence-electron chi connectivity index (χ2n) is 4.73. The third kappa shape index (κ3) is 5.94. The predicted molar refractivity (Wildman–Crippen MR) is 76.6 cm³/mol. The average molecular weight is 293 g/mol. The Morgan fingerprint density at radius 2 is 1.86 bits per heavy atom. The van der Waals surface area contributed by atoms with E-state index in [0.717, 1.165) is 5.56 Å². The van der Waals surface area contributed by atoms with Gasteiger partial charge in [0.1, 0.15) is 6.04 Å². The number of amides is 3. The summed E-state index contributed by atoms with van der Waals surface area (Å²) in [5, 5.41) is 13.7. The maximum Gasteiger partial charge on any atom is 0.326 e. The van der Waals surface area contributed by atoms with Crippen LogP contribution in [-0.2, 0) is 9.59 Å².